The molecule has 35 heavy (non-hydrogen) atoms. The summed E-state index contributed by atoms with van der Waals surface area (Å²) in [7, 11) is -4.08. The molecule has 1 aliphatic carbocycles. The largest absolute Gasteiger partial charge is 0.508 e. The van der Waals surface area contributed by atoms with Gasteiger partial charge in [0.1, 0.15) is 11.5 Å². The summed E-state index contributed by atoms with van der Waals surface area (Å²) in [6.45, 7) is 3.50. The Balaban J connectivity index is 1.51. The summed E-state index contributed by atoms with van der Waals surface area (Å²) >= 11 is 0. The number of fused-ring (bicyclic) bond motifs is 1. The highest BCUT2D eigenvalue weighted by molar-refractivity contribution is 7.84. The van der Waals surface area contributed by atoms with E-state index in [1.165, 1.54) is 37.1 Å². The second-order valence-corrected chi connectivity index (χ2v) is 10.4. The Morgan fingerprint density at radius 3 is 2.26 bits per heavy atom. The zero-order valence-electron chi connectivity index (χ0n) is 19.6. The highest BCUT2D eigenvalue weighted by Gasteiger charge is 2.23. The number of likely N-dealkylation sites (tertiary alicyclic amines) is 1. The molecule has 1 aliphatic heterocycles. The van der Waals surface area contributed by atoms with Crippen LogP contribution in [0, 0.1) is 0 Å². The third-order valence-corrected chi connectivity index (χ3v) is 7.30. The first kappa shape index (κ1) is 23.6. The van der Waals surface area contributed by atoms with Crippen molar-refractivity contribution in [2.24, 2.45) is 5.14 Å². The van der Waals surface area contributed by atoms with Crippen molar-refractivity contribution in [1.82, 2.24) is 4.90 Å². The van der Waals surface area contributed by atoms with Crippen LogP contribution < -0.4 is 9.32 Å². The van der Waals surface area contributed by atoms with Crippen molar-refractivity contribution in [3.05, 3.63) is 94.5 Å². The fraction of sp³-hybridized carbons (Fsp3) is 0.286. The Labute approximate surface area is 206 Å². The van der Waals surface area contributed by atoms with E-state index in [0.29, 0.717) is 0 Å². The van der Waals surface area contributed by atoms with E-state index < -0.39 is 10.3 Å². The fourth-order valence-corrected chi connectivity index (χ4v) is 5.54. The number of hydrogen-bond donors (Lipinski definition) is 2. The van der Waals surface area contributed by atoms with E-state index in [9.17, 15) is 13.5 Å². The molecule has 1 saturated heterocycles. The average molecular weight is 491 g/mol. The number of rotatable bonds is 7. The van der Waals surface area contributed by atoms with Crippen LogP contribution in [0.25, 0.3) is 11.1 Å². The van der Waals surface area contributed by atoms with Gasteiger partial charge >= 0.3 is 10.3 Å². The molecule has 3 aromatic carbocycles. The van der Waals surface area contributed by atoms with E-state index in [4.69, 9.17) is 9.32 Å². The predicted octanol–water partition coefficient (Wildman–Crippen LogP) is 4.52. The number of nitrogens with two attached hydrogens (primary N) is 1. The van der Waals surface area contributed by atoms with Gasteiger partial charge in [-0.2, -0.15) is 13.6 Å². The van der Waals surface area contributed by atoms with E-state index in [2.05, 4.69) is 29.2 Å². The van der Waals surface area contributed by atoms with E-state index in [-0.39, 0.29) is 11.5 Å². The topological polar surface area (TPSA) is 92.9 Å². The molecule has 7 heteroatoms. The van der Waals surface area contributed by atoms with Gasteiger partial charge in [0.25, 0.3) is 0 Å². The van der Waals surface area contributed by atoms with Crippen molar-refractivity contribution in [2.45, 2.75) is 32.1 Å². The molecule has 0 saturated carbocycles. The van der Waals surface area contributed by atoms with Gasteiger partial charge in [0.15, 0.2) is 0 Å². The normalized spacial score (nSPS) is 16.4. The SMILES string of the molecule is NS(=O)(=O)Oc1ccc2c(c1)CCC(c1ccc(O)cc1)=C2c1ccc(CCN2CCCC2)cc1. The number of nitrogens with zero attached hydrogens (tertiary/aromatic N) is 1. The van der Waals surface area contributed by atoms with Crippen LogP contribution in [0.3, 0.4) is 0 Å². The maximum Gasteiger partial charge on any atom is 0.380 e. The van der Waals surface area contributed by atoms with Gasteiger partial charge in [-0.1, -0.05) is 42.5 Å². The van der Waals surface area contributed by atoms with E-state index in [1.54, 1.807) is 24.3 Å². The minimum atomic E-state index is -4.08. The van der Waals surface area contributed by atoms with E-state index >= 15 is 0 Å². The number of hydrogen-bond acceptors (Lipinski definition) is 5. The fourth-order valence-electron chi connectivity index (χ4n) is 5.17. The number of phenols is 1. The van der Waals surface area contributed by atoms with Crippen LogP contribution in [0.15, 0.2) is 66.7 Å². The molecule has 0 atom stereocenters. The standard InChI is InChI=1S/C28H30N2O4S/c29-35(32,33)34-25-12-14-27-23(19-25)9-13-26(21-7-10-24(31)11-8-21)28(27)22-5-3-20(4-6-22)15-18-30-16-1-2-17-30/h3-8,10-12,14,19,31H,1-2,9,13,15-18H2,(H2,29,32,33). The lowest BCUT2D eigenvalue weighted by molar-refractivity contribution is 0.343. The Morgan fingerprint density at radius 2 is 1.57 bits per heavy atom. The van der Waals surface area contributed by atoms with Crippen LogP contribution in [0.5, 0.6) is 11.5 Å². The molecular formula is C28H30N2O4S. The van der Waals surface area contributed by atoms with Gasteiger partial charge in [-0.25, -0.2) is 0 Å². The first-order valence-electron chi connectivity index (χ1n) is 12.1. The molecule has 3 aromatic rings. The Morgan fingerprint density at radius 1 is 0.886 bits per heavy atom. The van der Waals surface area contributed by atoms with Crippen molar-refractivity contribution in [3.8, 4) is 11.5 Å². The average Bonchev–Trinajstić information content (AvgIpc) is 3.36. The summed E-state index contributed by atoms with van der Waals surface area (Å²) in [6, 6.07) is 21.4. The molecule has 1 fully saturated rings. The maximum absolute atomic E-state index is 11.4. The highest BCUT2D eigenvalue weighted by Crippen LogP contribution is 2.42. The first-order valence-corrected chi connectivity index (χ1v) is 13.5. The molecule has 2 aliphatic rings. The van der Waals surface area contributed by atoms with Crippen LogP contribution in [0.2, 0.25) is 0 Å². The zero-order chi connectivity index (χ0) is 24.4. The van der Waals surface area contributed by atoms with Crippen LogP contribution in [0.1, 0.15) is 47.1 Å². The number of phenolic OH excluding ortho intramolecular Hbond substituents is 1. The number of aryl methyl sites for hydroxylation is 1. The predicted molar refractivity (Wildman–Crippen MR) is 138 cm³/mol. The van der Waals surface area contributed by atoms with Gasteiger partial charge < -0.3 is 14.2 Å². The Hall–Kier alpha value is -3.13. The Bertz CT molecular complexity index is 1340. The first-order chi connectivity index (χ1) is 16.9. The summed E-state index contributed by atoms with van der Waals surface area (Å²) in [4.78, 5) is 2.53. The zero-order valence-corrected chi connectivity index (χ0v) is 20.4. The summed E-state index contributed by atoms with van der Waals surface area (Å²) in [5.41, 5.74) is 7.87. The molecular weight excluding hydrogens is 460 g/mol. The smallest absolute Gasteiger partial charge is 0.380 e. The third-order valence-electron chi connectivity index (χ3n) is 6.88. The molecule has 0 radical (unpaired) electrons. The van der Waals surface area contributed by atoms with Gasteiger partial charge in [0.05, 0.1) is 0 Å². The Kier molecular flexibility index (Phi) is 6.65. The molecule has 5 rings (SSSR count). The summed E-state index contributed by atoms with van der Waals surface area (Å²) in [6.07, 6.45) is 5.16. The number of allylic oxidation sites excluding steroid dienone is 1. The van der Waals surface area contributed by atoms with Gasteiger partial charge in [0, 0.05) is 6.54 Å². The highest BCUT2D eigenvalue weighted by atomic mass is 32.2. The molecule has 0 unspecified atom stereocenters. The van der Waals surface area contributed by atoms with E-state index in [1.807, 2.05) is 18.2 Å². The molecule has 1 heterocycles. The molecule has 0 spiro atoms. The van der Waals surface area contributed by atoms with Gasteiger partial charge in [0.2, 0.25) is 0 Å². The van der Waals surface area contributed by atoms with Crippen molar-refractivity contribution < 1.29 is 17.7 Å². The minimum Gasteiger partial charge on any atom is -0.508 e. The second-order valence-electron chi connectivity index (χ2n) is 9.29. The molecule has 3 N–H and O–H groups in total. The van der Waals surface area contributed by atoms with E-state index in [0.717, 1.165) is 53.6 Å². The second kappa shape index (κ2) is 9.85. The molecule has 0 aromatic heterocycles. The molecule has 0 amide bonds. The van der Waals surface area contributed by atoms with Crippen molar-refractivity contribution in [2.75, 3.05) is 19.6 Å². The summed E-state index contributed by atoms with van der Waals surface area (Å²) in [5.74, 6) is 0.454. The number of aromatic hydroxyl groups is 1. The van der Waals surface area contributed by atoms with Crippen LogP contribution >= 0.6 is 0 Å². The molecule has 0 bridgehead atoms. The lowest BCUT2D eigenvalue weighted by Crippen LogP contribution is -2.21. The van der Waals surface area contributed by atoms with Crippen molar-refractivity contribution in [3.63, 3.8) is 0 Å². The molecule has 182 valence electrons. The van der Waals surface area contributed by atoms with Crippen LogP contribution in [-0.2, 0) is 23.1 Å². The monoisotopic (exact) mass is 490 g/mol. The summed E-state index contributed by atoms with van der Waals surface area (Å²) < 4.78 is 27.7. The lowest BCUT2D eigenvalue weighted by Gasteiger charge is -2.25. The third kappa shape index (κ3) is 5.59. The van der Waals surface area contributed by atoms with Gasteiger partial charge in [-0.3, -0.25) is 0 Å². The molecule has 6 nitrogen and oxygen atoms in total. The maximum atomic E-state index is 11.4. The van der Waals surface area contributed by atoms with Crippen molar-refractivity contribution in [1.29, 1.82) is 0 Å². The van der Waals surface area contributed by atoms with Crippen LogP contribution in [-0.4, -0.2) is 38.1 Å². The summed E-state index contributed by atoms with van der Waals surface area (Å²) in [5, 5.41) is 14.9. The van der Waals surface area contributed by atoms with Gasteiger partial charge in [-0.05, 0) is 108 Å². The van der Waals surface area contributed by atoms with Gasteiger partial charge in [-0.15, -0.1) is 0 Å². The van der Waals surface area contributed by atoms with Crippen LogP contribution in [0.4, 0.5) is 0 Å². The quantitative estimate of drug-likeness (QED) is 0.508. The lowest BCUT2D eigenvalue weighted by atomic mass is 9.79. The number of benzene rings is 3. The van der Waals surface area contributed by atoms with Crippen molar-refractivity contribution >= 4 is 21.5 Å². The minimum absolute atomic E-state index is 0.218.